The maximum absolute atomic E-state index is 13.0. The van der Waals surface area contributed by atoms with Gasteiger partial charge in [0.25, 0.3) is 0 Å². The molecule has 2 atom stereocenters. The third-order valence-electron chi connectivity index (χ3n) is 5.58. The Morgan fingerprint density at radius 1 is 1.26 bits per heavy atom. The Labute approximate surface area is 188 Å². The smallest absolute Gasteiger partial charge is 0.338 e. The summed E-state index contributed by atoms with van der Waals surface area (Å²) in [6, 6.07) is 5.95. The highest BCUT2D eigenvalue weighted by molar-refractivity contribution is 8.16. The first-order valence-corrected chi connectivity index (χ1v) is 11.6. The van der Waals surface area contributed by atoms with Crippen molar-refractivity contribution in [3.63, 3.8) is 0 Å². The molecule has 0 saturated heterocycles. The number of carbonyl (C=O) groups excluding carboxylic acids is 2. The van der Waals surface area contributed by atoms with Gasteiger partial charge in [-0.15, -0.1) is 0 Å². The van der Waals surface area contributed by atoms with Crippen molar-refractivity contribution in [2.45, 2.75) is 66.5 Å². The van der Waals surface area contributed by atoms with Crippen LogP contribution in [-0.4, -0.2) is 34.6 Å². The number of amidine groups is 1. The van der Waals surface area contributed by atoms with Crippen molar-refractivity contribution in [3.05, 3.63) is 57.3 Å². The molecule has 0 aromatic heterocycles. The van der Waals surface area contributed by atoms with Gasteiger partial charge in [0.15, 0.2) is 5.17 Å². The second-order valence-corrected chi connectivity index (χ2v) is 8.86. The molecule has 2 aliphatic heterocycles. The summed E-state index contributed by atoms with van der Waals surface area (Å²) in [7, 11) is 0. The number of ether oxygens (including phenoxy) is 1. The predicted octanol–water partition coefficient (Wildman–Crippen LogP) is 4.75. The summed E-state index contributed by atoms with van der Waals surface area (Å²) >= 11 is 1.49. The van der Waals surface area contributed by atoms with E-state index < -0.39 is 0 Å². The van der Waals surface area contributed by atoms with E-state index in [9.17, 15) is 9.59 Å². The fourth-order valence-corrected chi connectivity index (χ4v) is 4.82. The number of hydrogen-bond acceptors (Lipinski definition) is 6. The standard InChI is InChI=1S/C24H31N3O3S/c1-7-16(5)25-20(28)12-18-13-31-24-26-17(6)21(23(29)30-8-2)22(27(18)24)19-10-9-14(3)11-15(19)4/h9-11,13,16,22H,7-8,12H2,1-6H3,(H,25,28)/t16-,22-/m1/s1. The summed E-state index contributed by atoms with van der Waals surface area (Å²) in [6.45, 7) is 12.1. The Balaban J connectivity index is 2.04. The number of thioether (sulfide) groups is 1. The van der Waals surface area contributed by atoms with Crippen LogP contribution < -0.4 is 5.32 Å². The highest BCUT2D eigenvalue weighted by Crippen LogP contribution is 2.45. The molecule has 3 rings (SSSR count). The van der Waals surface area contributed by atoms with Gasteiger partial charge in [-0.3, -0.25) is 4.79 Å². The van der Waals surface area contributed by atoms with Crippen molar-refractivity contribution in [1.82, 2.24) is 10.2 Å². The Kier molecular flexibility index (Phi) is 7.26. The molecule has 31 heavy (non-hydrogen) atoms. The van der Waals surface area contributed by atoms with E-state index in [1.807, 2.05) is 51.0 Å². The second kappa shape index (κ2) is 9.73. The second-order valence-electron chi connectivity index (χ2n) is 8.03. The number of benzene rings is 1. The number of aryl methyl sites for hydroxylation is 2. The average Bonchev–Trinajstić information content (AvgIpc) is 3.09. The van der Waals surface area contributed by atoms with Crippen molar-refractivity contribution < 1.29 is 14.3 Å². The fourth-order valence-electron chi connectivity index (χ4n) is 3.86. The molecule has 0 spiro atoms. The van der Waals surface area contributed by atoms with E-state index in [-0.39, 0.29) is 30.4 Å². The molecule has 1 N–H and O–H groups in total. The molecule has 166 valence electrons. The minimum atomic E-state index is -0.384. The van der Waals surface area contributed by atoms with Gasteiger partial charge in [0, 0.05) is 11.7 Å². The Hall–Kier alpha value is -2.54. The number of allylic oxidation sites excluding steroid dienone is 1. The molecule has 0 aliphatic carbocycles. The highest BCUT2D eigenvalue weighted by atomic mass is 32.2. The Morgan fingerprint density at radius 2 is 2.00 bits per heavy atom. The molecular formula is C24H31N3O3S. The predicted molar refractivity (Wildman–Crippen MR) is 125 cm³/mol. The number of amides is 1. The van der Waals surface area contributed by atoms with Gasteiger partial charge in [-0.2, -0.15) is 0 Å². The van der Waals surface area contributed by atoms with E-state index in [4.69, 9.17) is 4.74 Å². The molecule has 2 heterocycles. The minimum absolute atomic E-state index is 0.0363. The first-order valence-electron chi connectivity index (χ1n) is 10.7. The molecule has 0 bridgehead atoms. The van der Waals surface area contributed by atoms with Gasteiger partial charge >= 0.3 is 5.97 Å². The molecule has 0 fully saturated rings. The van der Waals surface area contributed by atoms with Crippen LogP contribution in [0, 0.1) is 13.8 Å². The van der Waals surface area contributed by atoms with Crippen molar-refractivity contribution in [3.8, 4) is 0 Å². The summed E-state index contributed by atoms with van der Waals surface area (Å²) < 4.78 is 5.40. The lowest BCUT2D eigenvalue weighted by molar-refractivity contribution is -0.139. The van der Waals surface area contributed by atoms with Crippen LogP contribution in [0.1, 0.15) is 63.3 Å². The van der Waals surface area contributed by atoms with Crippen LogP contribution in [0.15, 0.2) is 45.6 Å². The van der Waals surface area contributed by atoms with Crippen LogP contribution in [0.2, 0.25) is 0 Å². The number of esters is 1. The molecule has 1 aromatic rings. The fraction of sp³-hybridized carbons (Fsp3) is 0.458. The van der Waals surface area contributed by atoms with E-state index in [2.05, 4.69) is 22.4 Å². The lowest BCUT2D eigenvalue weighted by Crippen LogP contribution is -2.39. The van der Waals surface area contributed by atoms with Gasteiger partial charge in [-0.1, -0.05) is 42.4 Å². The summed E-state index contributed by atoms with van der Waals surface area (Å²) in [6.07, 6.45) is 1.10. The number of carbonyl (C=O) groups is 2. The topological polar surface area (TPSA) is 71.0 Å². The van der Waals surface area contributed by atoms with E-state index in [0.29, 0.717) is 17.9 Å². The van der Waals surface area contributed by atoms with Crippen LogP contribution in [0.25, 0.3) is 0 Å². The summed E-state index contributed by atoms with van der Waals surface area (Å²) in [5.41, 5.74) is 5.26. The molecule has 2 aliphatic rings. The zero-order chi connectivity index (χ0) is 22.7. The molecule has 7 heteroatoms. The highest BCUT2D eigenvalue weighted by Gasteiger charge is 2.41. The summed E-state index contributed by atoms with van der Waals surface area (Å²) in [4.78, 5) is 32.4. The van der Waals surface area contributed by atoms with E-state index >= 15 is 0 Å². The lowest BCUT2D eigenvalue weighted by atomic mass is 9.90. The van der Waals surface area contributed by atoms with Crippen LogP contribution in [-0.2, 0) is 14.3 Å². The Morgan fingerprint density at radius 3 is 2.65 bits per heavy atom. The number of fused-ring (bicyclic) bond motifs is 1. The third kappa shape index (κ3) is 4.87. The van der Waals surface area contributed by atoms with Gasteiger partial charge in [-0.05, 0) is 57.6 Å². The Bertz CT molecular complexity index is 980. The third-order valence-corrected chi connectivity index (χ3v) is 6.47. The zero-order valence-electron chi connectivity index (χ0n) is 19.1. The molecule has 0 saturated carbocycles. The number of nitrogens with zero attached hydrogens (tertiary/aromatic N) is 2. The van der Waals surface area contributed by atoms with Crippen LogP contribution in [0.4, 0.5) is 0 Å². The van der Waals surface area contributed by atoms with Crippen LogP contribution >= 0.6 is 11.8 Å². The van der Waals surface area contributed by atoms with E-state index in [0.717, 1.165) is 34.0 Å². The van der Waals surface area contributed by atoms with Crippen molar-refractivity contribution in [1.29, 1.82) is 0 Å². The van der Waals surface area contributed by atoms with E-state index in [1.165, 1.54) is 11.8 Å². The van der Waals surface area contributed by atoms with Crippen molar-refractivity contribution in [2.24, 2.45) is 4.99 Å². The van der Waals surface area contributed by atoms with Gasteiger partial charge in [-0.25, -0.2) is 9.79 Å². The van der Waals surface area contributed by atoms with Crippen molar-refractivity contribution >= 4 is 28.8 Å². The number of aliphatic imine (C=N–C) groups is 1. The first-order chi connectivity index (χ1) is 14.8. The lowest BCUT2D eigenvalue weighted by Gasteiger charge is -2.37. The zero-order valence-corrected chi connectivity index (χ0v) is 19.9. The number of hydrogen-bond donors (Lipinski definition) is 1. The maximum atomic E-state index is 13.0. The quantitative estimate of drug-likeness (QED) is 0.619. The van der Waals surface area contributed by atoms with Gasteiger partial charge < -0.3 is 15.0 Å². The normalized spacial score (nSPS) is 18.9. The van der Waals surface area contributed by atoms with Gasteiger partial charge in [0.2, 0.25) is 5.91 Å². The molecule has 6 nitrogen and oxygen atoms in total. The van der Waals surface area contributed by atoms with Gasteiger partial charge in [0.1, 0.15) is 0 Å². The summed E-state index contributed by atoms with van der Waals surface area (Å²) in [5, 5.41) is 5.77. The maximum Gasteiger partial charge on any atom is 0.338 e. The monoisotopic (exact) mass is 441 g/mol. The largest absolute Gasteiger partial charge is 0.463 e. The molecule has 1 amide bonds. The molecular weight excluding hydrogens is 410 g/mol. The van der Waals surface area contributed by atoms with Crippen molar-refractivity contribution in [2.75, 3.05) is 6.61 Å². The molecule has 0 unspecified atom stereocenters. The van der Waals surface area contributed by atoms with Crippen LogP contribution in [0.3, 0.4) is 0 Å². The van der Waals surface area contributed by atoms with Crippen LogP contribution in [0.5, 0.6) is 0 Å². The van der Waals surface area contributed by atoms with Gasteiger partial charge in [0.05, 0.1) is 30.3 Å². The minimum Gasteiger partial charge on any atom is -0.463 e. The average molecular weight is 442 g/mol. The van der Waals surface area contributed by atoms with E-state index in [1.54, 1.807) is 6.92 Å². The number of nitrogens with one attached hydrogen (secondary N) is 1. The number of rotatable bonds is 7. The molecule has 1 aromatic carbocycles. The molecule has 0 radical (unpaired) electrons. The summed E-state index contributed by atoms with van der Waals surface area (Å²) in [5.74, 6) is -0.404. The first kappa shape index (κ1) is 23.1. The SMILES string of the molecule is CCOC(=O)C1=C(C)N=C2SC=C(CC(=O)N[C@H](C)CC)N2[C@@H]1c1ccc(C)cc1C.